The van der Waals surface area contributed by atoms with Gasteiger partial charge in [0.15, 0.2) is 11.5 Å². The van der Waals surface area contributed by atoms with Crippen LogP contribution >= 0.6 is 0 Å². The minimum Gasteiger partial charge on any atom is -0.490 e. The van der Waals surface area contributed by atoms with E-state index in [0.29, 0.717) is 24.7 Å². The Bertz CT molecular complexity index is 304. The summed E-state index contributed by atoms with van der Waals surface area (Å²) < 4.78 is 10.9. The topological polar surface area (TPSA) is 50.7 Å². The van der Waals surface area contributed by atoms with Crippen LogP contribution in [-0.2, 0) is 0 Å². The summed E-state index contributed by atoms with van der Waals surface area (Å²) >= 11 is 0. The molecule has 0 unspecified atom stereocenters. The molecule has 1 atom stereocenters. The normalized spacial score (nSPS) is 12.2. The Hall–Kier alpha value is -1.26. The van der Waals surface area contributed by atoms with E-state index in [1.54, 1.807) is 7.05 Å². The minimum atomic E-state index is -0.514. The molecule has 0 saturated heterocycles. The molecule has 1 rings (SSSR count). The molecule has 16 heavy (non-hydrogen) atoms. The van der Waals surface area contributed by atoms with Crippen LogP contribution in [0.15, 0.2) is 24.3 Å². The van der Waals surface area contributed by atoms with Gasteiger partial charge in [0.1, 0.15) is 12.7 Å². The Morgan fingerprint density at radius 1 is 1.25 bits per heavy atom. The van der Waals surface area contributed by atoms with Gasteiger partial charge < -0.3 is 19.9 Å². The number of aliphatic hydroxyl groups is 1. The second-order valence-corrected chi connectivity index (χ2v) is 3.40. The molecule has 0 spiro atoms. The van der Waals surface area contributed by atoms with Gasteiger partial charge in [0.05, 0.1) is 6.61 Å². The first-order valence-electron chi connectivity index (χ1n) is 5.45. The fourth-order valence-electron chi connectivity index (χ4n) is 1.32. The zero-order chi connectivity index (χ0) is 11.8. The fourth-order valence-corrected chi connectivity index (χ4v) is 1.32. The van der Waals surface area contributed by atoms with Crippen LogP contribution in [-0.4, -0.2) is 38.0 Å². The molecule has 2 N–H and O–H groups in total. The molecule has 90 valence electrons. The van der Waals surface area contributed by atoms with E-state index >= 15 is 0 Å². The Kier molecular flexibility index (Phi) is 5.67. The smallest absolute Gasteiger partial charge is 0.161 e. The average Bonchev–Trinajstić information content (AvgIpc) is 2.29. The number of nitrogens with one attached hydrogen (secondary N) is 1. The first kappa shape index (κ1) is 12.8. The summed E-state index contributed by atoms with van der Waals surface area (Å²) in [6.07, 6.45) is -0.514. The lowest BCUT2D eigenvalue weighted by atomic mass is 10.3. The van der Waals surface area contributed by atoms with E-state index < -0.39 is 6.10 Å². The highest BCUT2D eigenvalue weighted by atomic mass is 16.5. The van der Waals surface area contributed by atoms with Crippen molar-refractivity contribution >= 4 is 0 Å². The molecule has 4 heteroatoms. The van der Waals surface area contributed by atoms with Crippen LogP contribution in [0.25, 0.3) is 0 Å². The molecule has 0 aliphatic rings. The molecule has 0 aliphatic carbocycles. The summed E-state index contributed by atoms with van der Waals surface area (Å²) in [5, 5.41) is 12.4. The van der Waals surface area contributed by atoms with E-state index in [9.17, 15) is 5.11 Å². The van der Waals surface area contributed by atoms with Crippen LogP contribution < -0.4 is 14.8 Å². The number of benzene rings is 1. The molecule has 0 heterocycles. The van der Waals surface area contributed by atoms with Crippen molar-refractivity contribution in [2.45, 2.75) is 13.0 Å². The van der Waals surface area contributed by atoms with E-state index in [2.05, 4.69) is 5.32 Å². The molecule has 1 aromatic carbocycles. The van der Waals surface area contributed by atoms with Crippen LogP contribution in [0.5, 0.6) is 11.5 Å². The van der Waals surface area contributed by atoms with Gasteiger partial charge in [-0.15, -0.1) is 0 Å². The molecule has 4 nitrogen and oxygen atoms in total. The molecule has 1 aromatic rings. The summed E-state index contributed by atoms with van der Waals surface area (Å²) in [4.78, 5) is 0. The van der Waals surface area contributed by atoms with Crippen molar-refractivity contribution in [2.24, 2.45) is 0 Å². The number of para-hydroxylation sites is 2. The fraction of sp³-hybridized carbons (Fsp3) is 0.500. The molecule has 0 bridgehead atoms. The molecule has 0 aliphatic heterocycles. The van der Waals surface area contributed by atoms with Gasteiger partial charge >= 0.3 is 0 Å². The number of likely N-dealkylation sites (N-methyl/N-ethyl adjacent to an activating group) is 1. The monoisotopic (exact) mass is 225 g/mol. The van der Waals surface area contributed by atoms with Gasteiger partial charge in [0, 0.05) is 6.54 Å². The Balaban J connectivity index is 2.52. The highest BCUT2D eigenvalue weighted by molar-refractivity contribution is 5.39. The third kappa shape index (κ3) is 4.08. The second-order valence-electron chi connectivity index (χ2n) is 3.40. The van der Waals surface area contributed by atoms with Crippen LogP contribution in [0.2, 0.25) is 0 Å². The van der Waals surface area contributed by atoms with Gasteiger partial charge in [-0.2, -0.15) is 0 Å². The minimum absolute atomic E-state index is 0.255. The third-order valence-electron chi connectivity index (χ3n) is 2.02. The lowest BCUT2D eigenvalue weighted by Crippen LogP contribution is -2.29. The maximum atomic E-state index is 9.50. The molecular weight excluding hydrogens is 206 g/mol. The highest BCUT2D eigenvalue weighted by Gasteiger charge is 2.07. The summed E-state index contributed by atoms with van der Waals surface area (Å²) in [5.74, 6) is 1.38. The quantitative estimate of drug-likeness (QED) is 0.728. The van der Waals surface area contributed by atoms with Crippen molar-refractivity contribution in [1.29, 1.82) is 0 Å². The number of hydrogen-bond donors (Lipinski definition) is 2. The SMILES string of the molecule is CCOc1ccccc1OC[C@@H](O)CNC. The summed E-state index contributed by atoms with van der Waals surface area (Å²) in [6, 6.07) is 7.45. The first-order chi connectivity index (χ1) is 7.77. The van der Waals surface area contributed by atoms with Crippen LogP contribution in [0.3, 0.4) is 0 Å². The molecule has 0 aromatic heterocycles. The van der Waals surface area contributed by atoms with Crippen LogP contribution in [0.1, 0.15) is 6.92 Å². The van der Waals surface area contributed by atoms with E-state index in [1.807, 2.05) is 31.2 Å². The zero-order valence-corrected chi connectivity index (χ0v) is 9.77. The maximum Gasteiger partial charge on any atom is 0.161 e. The van der Waals surface area contributed by atoms with Gasteiger partial charge in [0.2, 0.25) is 0 Å². The van der Waals surface area contributed by atoms with Crippen molar-refractivity contribution in [3.63, 3.8) is 0 Å². The summed E-state index contributed by atoms with van der Waals surface area (Å²) in [7, 11) is 1.79. The Morgan fingerprint density at radius 3 is 2.44 bits per heavy atom. The van der Waals surface area contributed by atoms with Gasteiger partial charge in [-0.25, -0.2) is 0 Å². The van der Waals surface area contributed by atoms with E-state index in [1.165, 1.54) is 0 Å². The summed E-state index contributed by atoms with van der Waals surface area (Å²) in [6.45, 7) is 3.29. The highest BCUT2D eigenvalue weighted by Crippen LogP contribution is 2.26. The molecular formula is C12H19NO3. The van der Waals surface area contributed by atoms with Crippen molar-refractivity contribution in [3.05, 3.63) is 24.3 Å². The first-order valence-corrected chi connectivity index (χ1v) is 5.45. The summed E-state index contributed by atoms with van der Waals surface area (Å²) in [5.41, 5.74) is 0. The number of hydrogen-bond acceptors (Lipinski definition) is 4. The van der Waals surface area contributed by atoms with E-state index in [4.69, 9.17) is 9.47 Å². The Labute approximate surface area is 96.2 Å². The van der Waals surface area contributed by atoms with Crippen molar-refractivity contribution < 1.29 is 14.6 Å². The van der Waals surface area contributed by atoms with E-state index in [-0.39, 0.29) is 6.61 Å². The maximum absolute atomic E-state index is 9.50. The lowest BCUT2D eigenvalue weighted by molar-refractivity contribution is 0.106. The van der Waals surface area contributed by atoms with Gasteiger partial charge in [-0.05, 0) is 26.1 Å². The number of ether oxygens (including phenoxy) is 2. The van der Waals surface area contributed by atoms with Crippen molar-refractivity contribution in [3.8, 4) is 11.5 Å². The third-order valence-corrected chi connectivity index (χ3v) is 2.02. The predicted molar refractivity (Wildman–Crippen MR) is 63.0 cm³/mol. The van der Waals surface area contributed by atoms with Crippen molar-refractivity contribution in [2.75, 3.05) is 26.8 Å². The van der Waals surface area contributed by atoms with E-state index in [0.717, 1.165) is 0 Å². The lowest BCUT2D eigenvalue weighted by Gasteiger charge is -2.14. The van der Waals surface area contributed by atoms with Gasteiger partial charge in [-0.1, -0.05) is 12.1 Å². The molecule has 0 fully saturated rings. The number of rotatable bonds is 7. The molecule has 0 saturated carbocycles. The van der Waals surface area contributed by atoms with Gasteiger partial charge in [-0.3, -0.25) is 0 Å². The standard InChI is InChI=1S/C12H19NO3/c1-3-15-11-6-4-5-7-12(11)16-9-10(14)8-13-2/h4-7,10,13-14H,3,8-9H2,1-2H3/t10-/m0/s1. The second kappa shape index (κ2) is 7.09. The van der Waals surface area contributed by atoms with Gasteiger partial charge in [0.25, 0.3) is 0 Å². The zero-order valence-electron chi connectivity index (χ0n) is 9.77. The largest absolute Gasteiger partial charge is 0.490 e. The molecule has 0 radical (unpaired) electrons. The van der Waals surface area contributed by atoms with Crippen LogP contribution in [0.4, 0.5) is 0 Å². The predicted octanol–water partition coefficient (Wildman–Crippen LogP) is 1.04. The molecule has 0 amide bonds. The average molecular weight is 225 g/mol. The van der Waals surface area contributed by atoms with Crippen molar-refractivity contribution in [1.82, 2.24) is 5.32 Å². The van der Waals surface area contributed by atoms with Crippen LogP contribution in [0, 0.1) is 0 Å². The number of aliphatic hydroxyl groups excluding tert-OH is 1. The Morgan fingerprint density at radius 2 is 1.88 bits per heavy atom.